The molecule has 2 amide bonds. The fraction of sp³-hybridized carbons (Fsp3) is 0.318. The van der Waals surface area contributed by atoms with Crippen molar-refractivity contribution in [3.05, 3.63) is 120 Å². The fourth-order valence-electron chi connectivity index (χ4n) is 7.31. The molecule has 0 saturated carbocycles. The summed E-state index contributed by atoms with van der Waals surface area (Å²) in [5.74, 6) is 0.835. The van der Waals surface area contributed by atoms with Gasteiger partial charge in [-0.3, -0.25) is 19.4 Å². The number of fused-ring (bicyclic) bond motifs is 2. The first-order valence-corrected chi connectivity index (χ1v) is 19.1. The Morgan fingerprint density at radius 1 is 0.741 bits per heavy atom. The van der Waals surface area contributed by atoms with Crippen LogP contribution in [0.2, 0.25) is 0 Å². The van der Waals surface area contributed by atoms with Crippen LogP contribution in [0.5, 0.6) is 0 Å². The molecule has 2 aliphatic rings. The predicted octanol–water partition coefficient (Wildman–Crippen LogP) is 9.66. The van der Waals surface area contributed by atoms with E-state index < -0.39 is 0 Å². The van der Waals surface area contributed by atoms with E-state index in [1.165, 1.54) is 54.2 Å². The lowest BCUT2D eigenvalue weighted by atomic mass is 9.98. The van der Waals surface area contributed by atoms with Crippen LogP contribution in [0.1, 0.15) is 78.7 Å². The zero-order valence-corrected chi connectivity index (χ0v) is 31.4. The lowest BCUT2D eigenvalue weighted by molar-refractivity contribution is 0.0989. The maximum Gasteiger partial charge on any atom is 0.291 e. The van der Waals surface area contributed by atoms with Crippen LogP contribution in [0.15, 0.2) is 107 Å². The minimum Gasteiger partial charge on any atom is -0.459 e. The number of amides is 2. The number of carbonyl (C=O) groups is 2. The van der Waals surface area contributed by atoms with E-state index in [1.807, 2.05) is 36.4 Å². The molecule has 0 fully saturated rings. The number of unbranched alkanes of at least 4 members (excludes halogenated alkanes) is 1. The Hall–Kier alpha value is -5.58. The summed E-state index contributed by atoms with van der Waals surface area (Å²) in [5.41, 5.74) is 8.90. The van der Waals surface area contributed by atoms with Crippen molar-refractivity contribution in [3.63, 3.8) is 0 Å². The molecule has 0 aliphatic carbocycles. The van der Waals surface area contributed by atoms with Gasteiger partial charge in [0.1, 0.15) is 0 Å². The number of nitrogens with zero attached hydrogens (tertiary/aromatic N) is 2. The quantitative estimate of drug-likeness (QED) is 0.106. The van der Waals surface area contributed by atoms with E-state index in [0.717, 1.165) is 78.7 Å². The monoisotopic (exact) mass is 726 g/mol. The minimum absolute atomic E-state index is 0.236. The van der Waals surface area contributed by atoms with Crippen LogP contribution in [0.4, 0.5) is 11.4 Å². The van der Waals surface area contributed by atoms with Crippen LogP contribution in [0.25, 0.3) is 33.0 Å². The lowest BCUT2D eigenvalue weighted by Gasteiger charge is -2.27. The van der Waals surface area contributed by atoms with Crippen LogP contribution < -0.4 is 10.6 Å². The number of rotatable bonds is 11. The average Bonchev–Trinajstić information content (AvgIpc) is 4.02. The average molecular weight is 727 g/mol. The first-order valence-electron chi connectivity index (χ1n) is 19.1. The Morgan fingerprint density at radius 3 is 1.69 bits per heavy atom. The molecule has 0 spiro atoms. The van der Waals surface area contributed by atoms with Crippen LogP contribution in [-0.2, 0) is 0 Å². The second kappa shape index (κ2) is 17.0. The minimum atomic E-state index is -0.238. The molecule has 0 atom stereocenters. The van der Waals surface area contributed by atoms with Gasteiger partial charge in [0.05, 0.1) is 12.5 Å². The van der Waals surface area contributed by atoms with Crippen LogP contribution in [-0.4, -0.2) is 70.9 Å². The molecule has 0 saturated heterocycles. The van der Waals surface area contributed by atoms with E-state index in [-0.39, 0.29) is 11.8 Å². The Labute approximate surface area is 316 Å². The highest BCUT2D eigenvalue weighted by atomic mass is 16.3. The molecule has 10 heteroatoms. The topological polar surface area (TPSA) is 123 Å². The number of anilines is 2. The Morgan fingerprint density at radius 2 is 1.26 bits per heavy atom. The molecule has 2 aliphatic heterocycles. The number of nitrogens with one attached hydrogen (secondary N) is 4. The van der Waals surface area contributed by atoms with Crippen molar-refractivity contribution in [2.45, 2.75) is 46.5 Å². The van der Waals surface area contributed by atoms with E-state index in [1.54, 1.807) is 24.3 Å². The molecule has 4 N–H and O–H groups in total. The zero-order chi connectivity index (χ0) is 37.4. The molecule has 10 nitrogen and oxygen atoms in total. The number of H-pyrrole nitrogens is 2. The summed E-state index contributed by atoms with van der Waals surface area (Å²) < 4.78 is 10.3. The number of aromatic nitrogens is 2. The van der Waals surface area contributed by atoms with Gasteiger partial charge in [0.25, 0.3) is 11.8 Å². The second-order valence-electron chi connectivity index (χ2n) is 14.6. The molecular weight excluding hydrogens is 677 g/mol. The van der Waals surface area contributed by atoms with E-state index >= 15 is 0 Å². The number of benzene rings is 2. The number of furan rings is 2. The van der Waals surface area contributed by atoms with Gasteiger partial charge in [0.15, 0.2) is 11.5 Å². The predicted molar refractivity (Wildman–Crippen MR) is 218 cm³/mol. The molecule has 0 unspecified atom stereocenters. The van der Waals surface area contributed by atoms with Crippen molar-refractivity contribution in [2.75, 3.05) is 49.9 Å². The first-order chi connectivity index (χ1) is 26.3. The maximum atomic E-state index is 12.2. The molecular formula is C44H50N6O4. The third-order valence-corrected chi connectivity index (χ3v) is 10.1. The summed E-state index contributed by atoms with van der Waals surface area (Å²) in [4.78, 5) is 36.2. The van der Waals surface area contributed by atoms with Crippen LogP contribution in [0.3, 0.4) is 0 Å². The van der Waals surface area contributed by atoms with Gasteiger partial charge in [-0.2, -0.15) is 0 Å². The van der Waals surface area contributed by atoms with Gasteiger partial charge in [-0.25, -0.2) is 0 Å². The number of carbonyl (C=O) groups excluding carboxylic acids is 2. The van der Waals surface area contributed by atoms with Gasteiger partial charge in [0.2, 0.25) is 0 Å². The molecule has 0 bridgehead atoms. The van der Waals surface area contributed by atoms with Gasteiger partial charge in [-0.15, -0.1) is 0 Å². The summed E-state index contributed by atoms with van der Waals surface area (Å²) in [6, 6.07) is 18.6. The van der Waals surface area contributed by atoms with Crippen molar-refractivity contribution >= 4 is 56.1 Å². The van der Waals surface area contributed by atoms with Crippen molar-refractivity contribution in [3.8, 4) is 0 Å². The second-order valence-corrected chi connectivity index (χ2v) is 14.6. The molecule has 2 aromatic carbocycles. The molecule has 54 heavy (non-hydrogen) atoms. The number of hydrogen-bond acceptors (Lipinski definition) is 6. The summed E-state index contributed by atoms with van der Waals surface area (Å²) in [6.45, 7) is 13.3. The SMILES string of the molecule is CC(C)CN1CC=C(c2c[nH]c3ccc(NC(=O)c4ccco4)cc23)CC1.CCCCN1CC=C(c2c[nH]c3ccc(NC(=O)c4ccco4)cc23)CC1. The summed E-state index contributed by atoms with van der Waals surface area (Å²) >= 11 is 0. The van der Waals surface area contributed by atoms with E-state index in [2.05, 4.69) is 75.7 Å². The van der Waals surface area contributed by atoms with Crippen molar-refractivity contribution in [2.24, 2.45) is 5.92 Å². The highest BCUT2D eigenvalue weighted by Gasteiger charge is 2.19. The van der Waals surface area contributed by atoms with Crippen molar-refractivity contribution in [1.29, 1.82) is 0 Å². The fourth-order valence-corrected chi connectivity index (χ4v) is 7.31. The zero-order valence-electron chi connectivity index (χ0n) is 31.4. The Bertz CT molecular complexity index is 2240. The highest BCUT2D eigenvalue weighted by molar-refractivity contribution is 6.05. The molecule has 280 valence electrons. The largest absolute Gasteiger partial charge is 0.459 e. The summed E-state index contributed by atoms with van der Waals surface area (Å²) in [5, 5.41) is 8.10. The molecule has 6 heterocycles. The van der Waals surface area contributed by atoms with Crippen molar-refractivity contribution < 1.29 is 18.4 Å². The third-order valence-electron chi connectivity index (χ3n) is 10.1. The van der Waals surface area contributed by atoms with Crippen LogP contribution >= 0.6 is 0 Å². The lowest BCUT2D eigenvalue weighted by Crippen LogP contribution is -2.31. The number of hydrogen-bond donors (Lipinski definition) is 4. The normalized spacial score (nSPS) is 15.2. The third kappa shape index (κ3) is 8.78. The van der Waals surface area contributed by atoms with Gasteiger partial charge in [-0.05, 0) is 104 Å². The van der Waals surface area contributed by atoms with Crippen molar-refractivity contribution in [1.82, 2.24) is 19.8 Å². The van der Waals surface area contributed by atoms with Gasteiger partial charge < -0.3 is 29.4 Å². The van der Waals surface area contributed by atoms with Gasteiger partial charge in [-0.1, -0.05) is 39.3 Å². The van der Waals surface area contributed by atoms with E-state index in [0.29, 0.717) is 17.4 Å². The van der Waals surface area contributed by atoms with Gasteiger partial charge in [0, 0.05) is 89.4 Å². The van der Waals surface area contributed by atoms with E-state index in [9.17, 15) is 9.59 Å². The van der Waals surface area contributed by atoms with Crippen LogP contribution in [0, 0.1) is 5.92 Å². The van der Waals surface area contributed by atoms with Gasteiger partial charge >= 0.3 is 0 Å². The first kappa shape index (κ1) is 36.8. The highest BCUT2D eigenvalue weighted by Crippen LogP contribution is 2.33. The maximum absolute atomic E-state index is 12.2. The summed E-state index contributed by atoms with van der Waals surface area (Å²) in [7, 11) is 0. The smallest absolute Gasteiger partial charge is 0.291 e. The summed E-state index contributed by atoms with van der Waals surface area (Å²) in [6.07, 6.45) is 16.4. The molecule has 6 aromatic rings. The van der Waals surface area contributed by atoms with E-state index in [4.69, 9.17) is 8.83 Å². The molecule has 0 radical (unpaired) electrons. The Kier molecular flexibility index (Phi) is 11.6. The number of aromatic amines is 2. The standard InChI is InChI=1S/2C22H25N3O2/c1-15(2)14-25-9-7-16(8-10-25)19-13-23-20-6-5-17(12-18(19)20)24-22(26)21-4-3-11-27-21;1-2-3-10-25-11-8-16(9-12-25)19-15-23-20-7-6-17(14-18(19)20)24-22(26)21-5-4-13-27-21/h3-7,11-13,15,23H,8-10,14H2,1-2H3,(H,24,26);4-8,13-15,23H,2-3,9-12H2,1H3,(H,24,26). The Balaban J connectivity index is 0.000000167. The molecule has 8 rings (SSSR count). The molecule has 4 aromatic heterocycles.